The number of cyclic esters (lactones) is 1. The number of hydrogen-bond donors (Lipinski definition) is 0. The fourth-order valence-corrected chi connectivity index (χ4v) is 4.16. The third kappa shape index (κ3) is 2.56. The van der Waals surface area contributed by atoms with Crippen molar-refractivity contribution in [3.63, 3.8) is 0 Å². The lowest BCUT2D eigenvalue weighted by atomic mass is 9.67. The number of esters is 1. The second-order valence-electron chi connectivity index (χ2n) is 6.41. The molecule has 1 saturated heterocycles. The van der Waals surface area contributed by atoms with Crippen molar-refractivity contribution in [2.75, 3.05) is 13.4 Å². The molecule has 3 aliphatic rings. The van der Waals surface area contributed by atoms with Crippen LogP contribution in [0.25, 0.3) is 0 Å². The topological polar surface area (TPSA) is 44.8 Å². The minimum atomic E-state index is -0.106. The van der Waals surface area contributed by atoms with Crippen LogP contribution in [-0.2, 0) is 16.0 Å². The average Bonchev–Trinajstić information content (AvgIpc) is 3.27. The first-order valence-electron chi connectivity index (χ1n) is 8.95. The molecule has 2 aliphatic heterocycles. The first-order valence-corrected chi connectivity index (χ1v) is 8.95. The predicted octanol–water partition coefficient (Wildman–Crippen LogP) is 3.92. The quantitative estimate of drug-likeness (QED) is 0.739. The lowest BCUT2D eigenvalue weighted by Gasteiger charge is -2.33. The second-order valence-corrected chi connectivity index (χ2v) is 6.41. The van der Waals surface area contributed by atoms with Crippen molar-refractivity contribution in [3.05, 3.63) is 59.2 Å². The zero-order valence-corrected chi connectivity index (χ0v) is 14.5. The Morgan fingerprint density at radius 1 is 0.960 bits per heavy atom. The maximum atomic E-state index is 12.4. The molecule has 4 heteroatoms. The number of fused-ring (bicyclic) bond motifs is 3. The van der Waals surface area contributed by atoms with Crippen LogP contribution in [-0.4, -0.2) is 19.4 Å². The molecular weight excluding hydrogens is 316 g/mol. The van der Waals surface area contributed by atoms with E-state index in [2.05, 4.69) is 24.3 Å². The first-order chi connectivity index (χ1) is 12.3. The summed E-state index contributed by atoms with van der Waals surface area (Å²) in [5.74, 6) is 1.65. The Morgan fingerprint density at radius 3 is 2.44 bits per heavy atom. The molecule has 2 heterocycles. The number of rotatable bonds is 1. The van der Waals surface area contributed by atoms with Gasteiger partial charge in [-0.2, -0.15) is 0 Å². The Labute approximate surface area is 147 Å². The molecule has 25 heavy (non-hydrogen) atoms. The molecule has 130 valence electrons. The summed E-state index contributed by atoms with van der Waals surface area (Å²) in [6, 6.07) is 14.3. The lowest BCUT2D eigenvalue weighted by Crippen LogP contribution is -2.31. The van der Waals surface area contributed by atoms with Gasteiger partial charge in [0.25, 0.3) is 0 Å². The van der Waals surface area contributed by atoms with E-state index in [1.807, 2.05) is 32.0 Å². The minimum Gasteiger partial charge on any atom is -0.465 e. The van der Waals surface area contributed by atoms with Gasteiger partial charge in [-0.05, 0) is 35.2 Å². The number of carbonyl (C=O) groups is 1. The van der Waals surface area contributed by atoms with Crippen LogP contribution in [0.3, 0.4) is 0 Å². The molecule has 0 bridgehead atoms. The van der Waals surface area contributed by atoms with Crippen molar-refractivity contribution in [2.24, 2.45) is 11.8 Å². The number of carbonyl (C=O) groups excluding carboxylic acids is 1. The molecule has 4 nitrogen and oxygen atoms in total. The van der Waals surface area contributed by atoms with Crippen LogP contribution >= 0.6 is 0 Å². The molecule has 0 saturated carbocycles. The van der Waals surface area contributed by atoms with Gasteiger partial charge in [-0.3, -0.25) is 4.79 Å². The molecule has 1 aliphatic carbocycles. The van der Waals surface area contributed by atoms with Crippen LogP contribution in [0.4, 0.5) is 0 Å². The Hall–Kier alpha value is -2.49. The van der Waals surface area contributed by atoms with Crippen LogP contribution in [0.1, 0.15) is 36.5 Å². The Kier molecular flexibility index (Phi) is 4.12. The predicted molar refractivity (Wildman–Crippen MR) is 93.8 cm³/mol. The highest BCUT2D eigenvalue weighted by Crippen LogP contribution is 2.50. The summed E-state index contributed by atoms with van der Waals surface area (Å²) in [5, 5.41) is 0. The standard InChI is InChI=1S/C19H16O4.C2H6/c20-19-18-13(9-21-19)6-12-7-15-16(23-10-22-15)8-14(12)17(18)11-4-2-1-3-5-11;1-2/h1-5,7-8,13,17-18H,6,9-10H2;1-2H3/t13-,17+,18+;/m0./s1. The van der Waals surface area contributed by atoms with Crippen molar-refractivity contribution in [2.45, 2.75) is 26.2 Å². The number of benzene rings is 2. The van der Waals surface area contributed by atoms with E-state index in [9.17, 15) is 4.79 Å². The van der Waals surface area contributed by atoms with Gasteiger partial charge in [0.15, 0.2) is 11.5 Å². The van der Waals surface area contributed by atoms with E-state index in [1.54, 1.807) is 0 Å². The van der Waals surface area contributed by atoms with Crippen LogP contribution < -0.4 is 9.47 Å². The summed E-state index contributed by atoms with van der Waals surface area (Å²) in [5.41, 5.74) is 3.56. The van der Waals surface area contributed by atoms with Gasteiger partial charge >= 0.3 is 5.97 Å². The Bertz CT molecular complexity index is 784. The summed E-state index contributed by atoms with van der Waals surface area (Å²) in [6.07, 6.45) is 0.853. The van der Waals surface area contributed by atoms with E-state index in [0.717, 1.165) is 23.5 Å². The van der Waals surface area contributed by atoms with Gasteiger partial charge in [-0.25, -0.2) is 0 Å². The molecule has 5 rings (SSSR count). The van der Waals surface area contributed by atoms with Crippen LogP contribution in [0.15, 0.2) is 42.5 Å². The maximum Gasteiger partial charge on any atom is 0.310 e. The van der Waals surface area contributed by atoms with Crippen LogP contribution in [0.2, 0.25) is 0 Å². The molecule has 0 unspecified atom stereocenters. The molecule has 0 aromatic heterocycles. The monoisotopic (exact) mass is 338 g/mol. The van der Waals surface area contributed by atoms with Gasteiger partial charge in [0.05, 0.1) is 12.5 Å². The lowest BCUT2D eigenvalue weighted by molar-refractivity contribution is -0.141. The fourth-order valence-electron chi connectivity index (χ4n) is 4.16. The van der Waals surface area contributed by atoms with Gasteiger partial charge in [-0.1, -0.05) is 44.2 Å². The second kappa shape index (κ2) is 6.43. The molecule has 3 atom stereocenters. The normalized spacial score (nSPS) is 25.4. The van der Waals surface area contributed by atoms with Gasteiger partial charge in [-0.15, -0.1) is 0 Å². The molecule has 0 amide bonds. The van der Waals surface area contributed by atoms with Crippen LogP contribution in [0, 0.1) is 11.8 Å². The number of ether oxygens (including phenoxy) is 3. The van der Waals surface area contributed by atoms with Crippen molar-refractivity contribution in [3.8, 4) is 11.5 Å². The Morgan fingerprint density at radius 2 is 1.68 bits per heavy atom. The highest BCUT2D eigenvalue weighted by molar-refractivity contribution is 5.78. The van der Waals surface area contributed by atoms with Gasteiger partial charge in [0, 0.05) is 11.8 Å². The third-order valence-electron chi connectivity index (χ3n) is 5.19. The van der Waals surface area contributed by atoms with E-state index in [1.165, 1.54) is 11.1 Å². The van der Waals surface area contributed by atoms with E-state index in [4.69, 9.17) is 14.2 Å². The van der Waals surface area contributed by atoms with Crippen molar-refractivity contribution in [1.29, 1.82) is 0 Å². The summed E-state index contributed by atoms with van der Waals surface area (Å²) in [7, 11) is 0. The molecule has 0 spiro atoms. The zero-order valence-electron chi connectivity index (χ0n) is 14.5. The maximum absolute atomic E-state index is 12.4. The van der Waals surface area contributed by atoms with Crippen molar-refractivity contribution < 1.29 is 19.0 Å². The largest absolute Gasteiger partial charge is 0.465 e. The van der Waals surface area contributed by atoms with E-state index >= 15 is 0 Å². The minimum absolute atomic E-state index is 0.0226. The summed E-state index contributed by atoms with van der Waals surface area (Å²) < 4.78 is 16.4. The summed E-state index contributed by atoms with van der Waals surface area (Å²) in [4.78, 5) is 12.4. The van der Waals surface area contributed by atoms with Gasteiger partial charge in [0.1, 0.15) is 0 Å². The fraction of sp³-hybridized carbons (Fsp3) is 0.381. The van der Waals surface area contributed by atoms with Crippen molar-refractivity contribution in [1.82, 2.24) is 0 Å². The molecule has 2 aromatic rings. The SMILES string of the molecule is CC.O=C1OC[C@@H]2Cc3cc4c(cc3[C@@H](c3ccccc3)[C@H]12)OCO4. The molecular formula is C21H22O4. The van der Waals surface area contributed by atoms with E-state index in [-0.39, 0.29) is 30.5 Å². The molecule has 2 aromatic carbocycles. The third-order valence-corrected chi connectivity index (χ3v) is 5.19. The smallest absolute Gasteiger partial charge is 0.310 e. The molecule has 0 N–H and O–H groups in total. The van der Waals surface area contributed by atoms with E-state index in [0.29, 0.717) is 6.61 Å². The van der Waals surface area contributed by atoms with E-state index < -0.39 is 0 Å². The molecule has 0 radical (unpaired) electrons. The van der Waals surface area contributed by atoms with Crippen molar-refractivity contribution >= 4 is 5.97 Å². The van der Waals surface area contributed by atoms with Gasteiger partial charge < -0.3 is 14.2 Å². The van der Waals surface area contributed by atoms with Gasteiger partial charge in [0.2, 0.25) is 6.79 Å². The highest BCUT2D eigenvalue weighted by Gasteiger charge is 2.47. The molecule has 1 fully saturated rings. The summed E-state index contributed by atoms with van der Waals surface area (Å²) >= 11 is 0. The first kappa shape index (κ1) is 16.0. The number of hydrogen-bond acceptors (Lipinski definition) is 4. The van der Waals surface area contributed by atoms with Crippen LogP contribution in [0.5, 0.6) is 11.5 Å². The highest BCUT2D eigenvalue weighted by atomic mass is 16.7. The average molecular weight is 338 g/mol. The summed E-state index contributed by atoms with van der Waals surface area (Å²) in [6.45, 7) is 4.78. The Balaban J connectivity index is 0.000000758. The zero-order chi connectivity index (χ0) is 17.4.